The summed E-state index contributed by atoms with van der Waals surface area (Å²) in [7, 11) is 0. The second kappa shape index (κ2) is 6.23. The maximum absolute atomic E-state index is 13.1. The summed E-state index contributed by atoms with van der Waals surface area (Å²) in [6.07, 6.45) is 6.91. The Kier molecular flexibility index (Phi) is 4.37. The summed E-state index contributed by atoms with van der Waals surface area (Å²) in [6, 6.07) is 7.12. The summed E-state index contributed by atoms with van der Waals surface area (Å²) in [5.74, 6) is 1.62. The van der Waals surface area contributed by atoms with Crippen molar-refractivity contribution in [3.63, 3.8) is 0 Å². The van der Waals surface area contributed by atoms with Crippen molar-refractivity contribution in [3.05, 3.63) is 35.6 Å². The van der Waals surface area contributed by atoms with Gasteiger partial charge >= 0.3 is 0 Å². The third-order valence-corrected chi connectivity index (χ3v) is 5.24. The van der Waals surface area contributed by atoms with Gasteiger partial charge in [-0.25, -0.2) is 4.39 Å². The Hall–Kier alpha value is -0.930. The highest BCUT2D eigenvalue weighted by molar-refractivity contribution is 5.20. The van der Waals surface area contributed by atoms with Crippen LogP contribution in [0, 0.1) is 17.7 Å². The minimum absolute atomic E-state index is 0.171. The zero-order valence-electron chi connectivity index (χ0n) is 12.1. The Morgan fingerprint density at radius 2 is 1.80 bits per heavy atom. The Morgan fingerprint density at radius 1 is 1.10 bits per heavy atom. The van der Waals surface area contributed by atoms with E-state index in [9.17, 15) is 4.39 Å². The summed E-state index contributed by atoms with van der Waals surface area (Å²) >= 11 is 0. The molecule has 1 saturated carbocycles. The predicted octanol–water partition coefficient (Wildman–Crippen LogP) is 3.34. The molecule has 20 heavy (non-hydrogen) atoms. The monoisotopic (exact) mass is 276 g/mol. The first-order chi connectivity index (χ1) is 9.78. The van der Waals surface area contributed by atoms with Crippen LogP contribution < -0.4 is 5.73 Å². The highest BCUT2D eigenvalue weighted by Gasteiger charge is 2.33. The fourth-order valence-corrected chi connectivity index (χ4v) is 4.09. The zero-order valence-corrected chi connectivity index (χ0v) is 12.1. The molecule has 3 heteroatoms. The van der Waals surface area contributed by atoms with E-state index in [0.29, 0.717) is 6.54 Å². The van der Waals surface area contributed by atoms with Gasteiger partial charge in [-0.1, -0.05) is 31.4 Å². The molecular formula is C17H25FN2. The molecule has 1 saturated heterocycles. The number of likely N-dealkylation sites (tertiary alicyclic amines) is 1. The van der Waals surface area contributed by atoms with Gasteiger partial charge in [0.2, 0.25) is 0 Å². The van der Waals surface area contributed by atoms with E-state index in [2.05, 4.69) is 4.90 Å². The Morgan fingerprint density at radius 3 is 2.50 bits per heavy atom. The highest BCUT2D eigenvalue weighted by Crippen LogP contribution is 2.38. The zero-order chi connectivity index (χ0) is 13.9. The fraction of sp³-hybridized carbons (Fsp3) is 0.647. The van der Waals surface area contributed by atoms with Crippen molar-refractivity contribution >= 4 is 0 Å². The normalized spacial score (nSPS) is 28.9. The molecule has 1 aromatic rings. The molecule has 110 valence electrons. The molecule has 2 fully saturated rings. The first-order valence-electron chi connectivity index (χ1n) is 7.97. The van der Waals surface area contributed by atoms with Crippen LogP contribution in [0.4, 0.5) is 4.39 Å². The van der Waals surface area contributed by atoms with Crippen LogP contribution in [-0.2, 0) is 0 Å². The van der Waals surface area contributed by atoms with Gasteiger partial charge in [0.25, 0.3) is 0 Å². The van der Waals surface area contributed by atoms with E-state index in [1.54, 1.807) is 12.1 Å². The molecule has 2 aliphatic rings. The van der Waals surface area contributed by atoms with Crippen LogP contribution in [-0.4, -0.2) is 24.5 Å². The molecule has 1 aromatic carbocycles. The molecule has 2 nitrogen and oxygen atoms in total. The van der Waals surface area contributed by atoms with Crippen molar-refractivity contribution < 1.29 is 4.39 Å². The molecule has 0 aromatic heterocycles. The largest absolute Gasteiger partial charge is 0.329 e. The molecule has 0 radical (unpaired) electrons. The minimum Gasteiger partial charge on any atom is -0.329 e. The summed E-state index contributed by atoms with van der Waals surface area (Å²) in [5, 5.41) is 0. The number of fused-ring (bicyclic) bond motifs is 1. The first kappa shape index (κ1) is 14.0. The predicted molar refractivity (Wildman–Crippen MR) is 79.8 cm³/mol. The van der Waals surface area contributed by atoms with E-state index in [-0.39, 0.29) is 11.9 Å². The molecule has 3 unspecified atom stereocenters. The van der Waals surface area contributed by atoms with E-state index in [4.69, 9.17) is 5.73 Å². The number of benzene rings is 1. The third kappa shape index (κ3) is 2.89. The average Bonchev–Trinajstić information content (AvgIpc) is 2.50. The number of piperidine rings is 1. The molecule has 0 spiro atoms. The lowest BCUT2D eigenvalue weighted by Gasteiger charge is -2.44. The van der Waals surface area contributed by atoms with Crippen LogP contribution in [0.25, 0.3) is 0 Å². The van der Waals surface area contributed by atoms with Gasteiger partial charge in [0.05, 0.1) is 0 Å². The molecular weight excluding hydrogens is 251 g/mol. The SMILES string of the molecule is NCC(c1ccc(F)cc1)N1CCC2CCCCC2C1. The van der Waals surface area contributed by atoms with Gasteiger partial charge in [0, 0.05) is 19.1 Å². The summed E-state index contributed by atoms with van der Waals surface area (Å²) in [5.41, 5.74) is 7.16. The summed E-state index contributed by atoms with van der Waals surface area (Å²) < 4.78 is 13.1. The number of nitrogens with zero attached hydrogens (tertiary/aromatic N) is 1. The Bertz CT molecular complexity index is 431. The maximum Gasteiger partial charge on any atom is 0.123 e. The smallest absolute Gasteiger partial charge is 0.123 e. The maximum atomic E-state index is 13.1. The van der Waals surface area contributed by atoms with Gasteiger partial charge < -0.3 is 5.73 Å². The van der Waals surface area contributed by atoms with Crippen molar-refractivity contribution in [1.82, 2.24) is 4.90 Å². The number of rotatable bonds is 3. The van der Waals surface area contributed by atoms with E-state index in [1.807, 2.05) is 12.1 Å². The van der Waals surface area contributed by atoms with Crippen LogP contribution in [0.15, 0.2) is 24.3 Å². The topological polar surface area (TPSA) is 29.3 Å². The molecule has 3 atom stereocenters. The number of hydrogen-bond acceptors (Lipinski definition) is 2. The summed E-state index contributed by atoms with van der Waals surface area (Å²) in [6.45, 7) is 2.92. The highest BCUT2D eigenvalue weighted by atomic mass is 19.1. The number of halogens is 1. The van der Waals surface area contributed by atoms with Crippen molar-refractivity contribution in [2.75, 3.05) is 19.6 Å². The quantitative estimate of drug-likeness (QED) is 0.917. The fourth-order valence-electron chi connectivity index (χ4n) is 4.09. The van der Waals surface area contributed by atoms with Gasteiger partial charge in [-0.3, -0.25) is 4.90 Å². The number of nitrogens with two attached hydrogens (primary N) is 1. The Balaban J connectivity index is 1.71. The number of hydrogen-bond donors (Lipinski definition) is 1. The van der Waals surface area contributed by atoms with Crippen LogP contribution in [0.2, 0.25) is 0 Å². The van der Waals surface area contributed by atoms with Crippen molar-refractivity contribution in [1.29, 1.82) is 0 Å². The molecule has 0 amide bonds. The second-order valence-electron chi connectivity index (χ2n) is 6.39. The van der Waals surface area contributed by atoms with Gasteiger partial charge in [0.15, 0.2) is 0 Å². The van der Waals surface area contributed by atoms with Crippen LogP contribution in [0.5, 0.6) is 0 Å². The standard InChI is InChI=1S/C17H25FN2/c18-16-7-5-14(6-8-16)17(11-19)20-10-9-13-3-1-2-4-15(13)12-20/h5-8,13,15,17H,1-4,9-12,19H2. The van der Waals surface area contributed by atoms with E-state index >= 15 is 0 Å². The van der Waals surface area contributed by atoms with Crippen LogP contribution in [0.3, 0.4) is 0 Å². The minimum atomic E-state index is -0.171. The third-order valence-electron chi connectivity index (χ3n) is 5.24. The lowest BCUT2D eigenvalue weighted by Crippen LogP contribution is -2.45. The van der Waals surface area contributed by atoms with Gasteiger partial charge in [-0.05, 0) is 48.9 Å². The first-order valence-corrected chi connectivity index (χ1v) is 7.97. The molecule has 3 rings (SSSR count). The van der Waals surface area contributed by atoms with E-state index in [0.717, 1.165) is 23.9 Å². The summed E-state index contributed by atoms with van der Waals surface area (Å²) in [4.78, 5) is 2.53. The van der Waals surface area contributed by atoms with E-state index < -0.39 is 0 Å². The van der Waals surface area contributed by atoms with Crippen LogP contribution in [0.1, 0.15) is 43.7 Å². The molecule has 1 heterocycles. The molecule has 1 aliphatic heterocycles. The Labute approximate surface area is 121 Å². The second-order valence-corrected chi connectivity index (χ2v) is 6.39. The van der Waals surface area contributed by atoms with Gasteiger partial charge in [-0.2, -0.15) is 0 Å². The van der Waals surface area contributed by atoms with Crippen molar-refractivity contribution in [3.8, 4) is 0 Å². The molecule has 1 aliphatic carbocycles. The van der Waals surface area contributed by atoms with Crippen molar-refractivity contribution in [2.24, 2.45) is 17.6 Å². The van der Waals surface area contributed by atoms with Crippen LogP contribution >= 0.6 is 0 Å². The van der Waals surface area contributed by atoms with E-state index in [1.165, 1.54) is 38.6 Å². The molecule has 2 N–H and O–H groups in total. The average molecular weight is 276 g/mol. The van der Waals surface area contributed by atoms with Gasteiger partial charge in [-0.15, -0.1) is 0 Å². The lowest BCUT2D eigenvalue weighted by atomic mass is 9.74. The lowest BCUT2D eigenvalue weighted by molar-refractivity contribution is 0.0586. The molecule has 0 bridgehead atoms. The van der Waals surface area contributed by atoms with Crippen molar-refractivity contribution in [2.45, 2.75) is 38.1 Å². The van der Waals surface area contributed by atoms with Gasteiger partial charge in [0.1, 0.15) is 5.82 Å².